The second-order valence-corrected chi connectivity index (χ2v) is 6.39. The Bertz CT molecular complexity index is 995. The van der Waals surface area contributed by atoms with Gasteiger partial charge in [-0.2, -0.15) is 0 Å². The zero-order chi connectivity index (χ0) is 23.0. The fourth-order valence-corrected chi connectivity index (χ4v) is 2.59. The van der Waals surface area contributed by atoms with Crippen LogP contribution in [0.15, 0.2) is 133 Å². The van der Waals surface area contributed by atoms with Crippen molar-refractivity contribution in [1.82, 2.24) is 0 Å². The van der Waals surface area contributed by atoms with Crippen LogP contribution in [0.25, 0.3) is 0 Å². The first kappa shape index (κ1) is 24.5. The molecule has 0 saturated heterocycles. The van der Waals surface area contributed by atoms with E-state index in [2.05, 4.69) is 10.6 Å². The van der Waals surface area contributed by atoms with Gasteiger partial charge in [0.1, 0.15) is 0 Å². The Morgan fingerprint density at radius 3 is 1.22 bits per heavy atom. The summed E-state index contributed by atoms with van der Waals surface area (Å²) in [7, 11) is 0. The second kappa shape index (κ2) is 14.3. The molecule has 0 spiro atoms. The Morgan fingerprint density at radius 1 is 0.531 bits per heavy atom. The van der Waals surface area contributed by atoms with Crippen molar-refractivity contribution in [3.05, 3.63) is 133 Å². The van der Waals surface area contributed by atoms with Crippen LogP contribution in [-0.2, 0) is 30.6 Å². The Morgan fingerprint density at radius 2 is 0.875 bits per heavy atom. The van der Waals surface area contributed by atoms with Crippen LogP contribution >= 0.6 is 0 Å². The van der Waals surface area contributed by atoms with Crippen molar-refractivity contribution in [3.8, 4) is 0 Å². The quantitative estimate of drug-likeness (QED) is 0.610. The number of rotatable bonds is 4. The molecular weight excluding hydrogens is 439 g/mol. The van der Waals surface area contributed by atoms with Gasteiger partial charge in [-0.05, 0) is 48.6 Å². The summed E-state index contributed by atoms with van der Waals surface area (Å²) in [5.74, 6) is 0.0573. The molecule has 0 aromatic heterocycles. The average molecular weight is 461 g/mol. The van der Waals surface area contributed by atoms with Gasteiger partial charge >= 0.3 is 21.0 Å². The van der Waals surface area contributed by atoms with Gasteiger partial charge < -0.3 is 10.6 Å². The number of carbonyl (C=O) groups is 2. The molecule has 2 N–H and O–H groups in total. The van der Waals surface area contributed by atoms with E-state index in [0.717, 1.165) is 28.7 Å². The number of ketones is 2. The molecule has 4 rings (SSSR count). The summed E-state index contributed by atoms with van der Waals surface area (Å²) in [5, 5.41) is 6.15. The monoisotopic (exact) mass is 461 g/mol. The van der Waals surface area contributed by atoms with Gasteiger partial charge in [-0.25, -0.2) is 0 Å². The third-order valence-electron chi connectivity index (χ3n) is 4.17. The first-order valence-corrected chi connectivity index (χ1v) is 10.3. The summed E-state index contributed by atoms with van der Waals surface area (Å²) >= 11 is 1.06. The molecule has 5 nitrogen and oxygen atoms in total. The molecule has 32 heavy (non-hydrogen) atoms. The molecule has 2 aromatic rings. The Labute approximate surface area is 196 Å². The molecule has 2 aliphatic rings. The molecule has 0 unspecified atom stereocenters. The summed E-state index contributed by atoms with van der Waals surface area (Å²) < 4.78 is 8.19. The van der Waals surface area contributed by atoms with Crippen molar-refractivity contribution in [1.29, 1.82) is 0 Å². The SMILES string of the molecule is O=C1C=CC=C/C1=C/Nc1ccccc1.O=C1C=CC=C/C1=C/Nc1ccccc1.[O]=[V]. The van der Waals surface area contributed by atoms with E-state index in [1.165, 1.54) is 0 Å². The van der Waals surface area contributed by atoms with Gasteiger partial charge in [0, 0.05) is 34.9 Å². The number of anilines is 2. The summed E-state index contributed by atoms with van der Waals surface area (Å²) in [6, 6.07) is 19.5. The molecule has 159 valence electrons. The number of hydrogen-bond acceptors (Lipinski definition) is 5. The van der Waals surface area contributed by atoms with Crippen LogP contribution < -0.4 is 10.6 Å². The number of allylic oxidation sites excluding steroid dienone is 10. The van der Waals surface area contributed by atoms with Gasteiger partial charge in [0.15, 0.2) is 11.6 Å². The van der Waals surface area contributed by atoms with Crippen LogP contribution in [0.3, 0.4) is 0 Å². The molecule has 0 aliphatic heterocycles. The zero-order valence-corrected chi connectivity index (χ0v) is 18.6. The van der Waals surface area contributed by atoms with Gasteiger partial charge in [0.05, 0.1) is 0 Å². The first-order valence-electron chi connectivity index (χ1n) is 9.72. The van der Waals surface area contributed by atoms with Crippen LogP contribution in [0.1, 0.15) is 0 Å². The summed E-state index contributed by atoms with van der Waals surface area (Å²) in [6.45, 7) is 0. The average Bonchev–Trinajstić information content (AvgIpc) is 2.86. The molecule has 0 amide bonds. The Hall–Kier alpha value is -3.80. The second-order valence-electron chi connectivity index (χ2n) is 6.39. The maximum atomic E-state index is 11.4. The summed E-state index contributed by atoms with van der Waals surface area (Å²) in [5.41, 5.74) is 3.28. The van der Waals surface area contributed by atoms with E-state index in [9.17, 15) is 9.59 Å². The van der Waals surface area contributed by atoms with Crippen molar-refractivity contribution in [2.24, 2.45) is 0 Å². The third kappa shape index (κ3) is 8.52. The maximum absolute atomic E-state index is 11.4. The molecule has 0 radical (unpaired) electrons. The third-order valence-corrected chi connectivity index (χ3v) is 4.17. The van der Waals surface area contributed by atoms with E-state index >= 15 is 0 Å². The summed E-state index contributed by atoms with van der Waals surface area (Å²) in [6.07, 6.45) is 17.3. The van der Waals surface area contributed by atoms with Gasteiger partial charge in [-0.1, -0.05) is 60.7 Å². The summed E-state index contributed by atoms with van der Waals surface area (Å²) in [4.78, 5) is 22.7. The van der Waals surface area contributed by atoms with E-state index in [1.807, 2.05) is 72.8 Å². The fourth-order valence-electron chi connectivity index (χ4n) is 2.59. The van der Waals surface area contributed by atoms with Gasteiger partial charge in [0.25, 0.3) is 0 Å². The van der Waals surface area contributed by atoms with E-state index in [0.29, 0.717) is 11.1 Å². The van der Waals surface area contributed by atoms with Crippen LogP contribution in [0.5, 0.6) is 0 Å². The molecule has 0 bridgehead atoms. The van der Waals surface area contributed by atoms with Crippen molar-refractivity contribution < 1.29 is 30.6 Å². The van der Waals surface area contributed by atoms with Crippen LogP contribution in [-0.4, -0.2) is 11.6 Å². The van der Waals surface area contributed by atoms with Crippen molar-refractivity contribution in [2.45, 2.75) is 0 Å². The molecule has 0 fully saturated rings. The van der Waals surface area contributed by atoms with E-state index in [4.69, 9.17) is 3.67 Å². The molecule has 0 saturated carbocycles. The number of nitrogens with one attached hydrogen (secondary N) is 2. The first-order chi connectivity index (χ1) is 15.7. The van der Waals surface area contributed by atoms with Gasteiger partial charge in [-0.3, -0.25) is 9.59 Å². The van der Waals surface area contributed by atoms with Crippen LogP contribution in [0.4, 0.5) is 11.4 Å². The minimum atomic E-state index is 0.0286. The molecule has 2 aliphatic carbocycles. The molecule has 0 atom stereocenters. The van der Waals surface area contributed by atoms with Crippen molar-refractivity contribution in [2.75, 3.05) is 10.6 Å². The van der Waals surface area contributed by atoms with Gasteiger partial charge in [-0.15, -0.1) is 0 Å². The van der Waals surface area contributed by atoms with Gasteiger partial charge in [0.2, 0.25) is 0 Å². The zero-order valence-electron chi connectivity index (χ0n) is 17.2. The minimum absolute atomic E-state index is 0.0286. The number of para-hydroxylation sites is 2. The number of hydrogen-bond donors (Lipinski definition) is 2. The predicted octanol–water partition coefficient (Wildman–Crippen LogP) is 5.23. The van der Waals surface area contributed by atoms with Crippen LogP contribution in [0, 0.1) is 0 Å². The standard InChI is InChI=1S/2C13H11NO.O.V/c2*15-13-9-5-4-6-11(13)10-14-12-7-2-1-3-8-12;;/h2*1-10,14H;;/b2*11-10-;;. The van der Waals surface area contributed by atoms with E-state index < -0.39 is 0 Å². The van der Waals surface area contributed by atoms with Crippen LogP contribution in [0.2, 0.25) is 0 Å². The number of carbonyl (C=O) groups excluding carboxylic acids is 2. The molecule has 2 aromatic carbocycles. The molecule has 6 heteroatoms. The fraction of sp³-hybridized carbons (Fsp3) is 0. The van der Waals surface area contributed by atoms with E-state index in [1.54, 1.807) is 48.9 Å². The molecular formula is C26H22N2O3V. The number of benzene rings is 2. The van der Waals surface area contributed by atoms with E-state index in [-0.39, 0.29) is 11.6 Å². The predicted molar refractivity (Wildman–Crippen MR) is 124 cm³/mol. The normalized spacial score (nSPS) is 16.1. The Balaban J connectivity index is 0.000000211. The van der Waals surface area contributed by atoms with Crippen molar-refractivity contribution in [3.63, 3.8) is 0 Å². The van der Waals surface area contributed by atoms with Crippen molar-refractivity contribution >= 4 is 22.9 Å². The molecule has 0 heterocycles. The topological polar surface area (TPSA) is 75.3 Å². The Kier molecular flexibility index (Phi) is 10.9.